The number of halogens is 2. The van der Waals surface area contributed by atoms with Crippen molar-refractivity contribution in [2.24, 2.45) is 0 Å². The van der Waals surface area contributed by atoms with Gasteiger partial charge in [-0.3, -0.25) is 14.4 Å². The maximum atomic E-state index is 14.4. The van der Waals surface area contributed by atoms with Gasteiger partial charge < -0.3 is 14.5 Å². The van der Waals surface area contributed by atoms with Crippen LogP contribution >= 0.6 is 11.6 Å². The van der Waals surface area contributed by atoms with E-state index in [2.05, 4.69) is 10.9 Å². The summed E-state index contributed by atoms with van der Waals surface area (Å²) in [6.45, 7) is 2.66. The molecule has 8 nitrogen and oxygen atoms in total. The number of benzene rings is 2. The molecule has 0 spiro atoms. The fourth-order valence-electron chi connectivity index (χ4n) is 4.18. The van der Waals surface area contributed by atoms with Gasteiger partial charge in [-0.25, -0.2) is 15.2 Å². The molecule has 0 radical (unpaired) electrons. The van der Waals surface area contributed by atoms with Crippen LogP contribution in [0.15, 0.2) is 42.5 Å². The molecule has 10 heteroatoms. The number of ether oxygens (including phenoxy) is 1. The second kappa shape index (κ2) is 10.5. The molecule has 180 valence electrons. The summed E-state index contributed by atoms with van der Waals surface area (Å²) in [4.78, 5) is 39.8. The number of ketones is 1. The van der Waals surface area contributed by atoms with E-state index in [1.165, 1.54) is 13.0 Å². The lowest BCUT2D eigenvalue weighted by atomic mass is 10.0. The van der Waals surface area contributed by atoms with Gasteiger partial charge >= 0.3 is 5.97 Å². The first-order valence-electron chi connectivity index (χ1n) is 11.1. The highest BCUT2D eigenvalue weighted by Gasteiger charge is 2.33. The highest BCUT2D eigenvalue weighted by molar-refractivity contribution is 6.31. The van der Waals surface area contributed by atoms with Gasteiger partial charge in [-0.1, -0.05) is 29.8 Å². The van der Waals surface area contributed by atoms with E-state index in [9.17, 15) is 18.8 Å². The molecule has 2 atom stereocenters. The molecule has 2 fully saturated rings. The zero-order valence-electron chi connectivity index (χ0n) is 18.7. The van der Waals surface area contributed by atoms with Gasteiger partial charge in [-0.05, 0) is 43.2 Å². The molecule has 2 saturated heterocycles. The minimum absolute atomic E-state index is 0.139. The highest BCUT2D eigenvalue weighted by atomic mass is 35.5. The Morgan fingerprint density at radius 2 is 1.82 bits per heavy atom. The maximum Gasteiger partial charge on any atom is 0.325 e. The van der Waals surface area contributed by atoms with Gasteiger partial charge in [-0.15, -0.1) is 0 Å². The number of hydrazine groups is 1. The average Bonchev–Trinajstić information content (AvgIpc) is 3.33. The van der Waals surface area contributed by atoms with Crippen LogP contribution in [0.5, 0.6) is 0 Å². The second-order valence-electron chi connectivity index (χ2n) is 8.35. The Morgan fingerprint density at radius 3 is 2.50 bits per heavy atom. The van der Waals surface area contributed by atoms with Gasteiger partial charge in [0, 0.05) is 42.8 Å². The van der Waals surface area contributed by atoms with Gasteiger partial charge in [0.15, 0.2) is 12.4 Å². The first-order valence-corrected chi connectivity index (χ1v) is 11.5. The predicted octanol–water partition coefficient (Wildman–Crippen LogP) is 2.48. The summed E-state index contributed by atoms with van der Waals surface area (Å²) in [7, 11) is 0. The van der Waals surface area contributed by atoms with E-state index in [0.717, 1.165) is 5.56 Å². The van der Waals surface area contributed by atoms with Crippen molar-refractivity contribution < 1.29 is 23.5 Å². The van der Waals surface area contributed by atoms with Crippen molar-refractivity contribution in [3.63, 3.8) is 0 Å². The number of anilines is 1. The summed E-state index contributed by atoms with van der Waals surface area (Å²) in [5.74, 6) is -1.47. The summed E-state index contributed by atoms with van der Waals surface area (Å²) < 4.78 is 19.7. The lowest BCUT2D eigenvalue weighted by Crippen LogP contribution is -2.50. The first kappa shape index (κ1) is 24.1. The number of Topliss-reactive ketones (excluding diaryl/α,β-unsaturated/α-hetero) is 1. The Hall–Kier alpha value is -3.01. The lowest BCUT2D eigenvalue weighted by molar-refractivity contribution is -0.153. The molecule has 0 aromatic heterocycles. The van der Waals surface area contributed by atoms with Crippen LogP contribution in [0, 0.1) is 5.82 Å². The number of hydrogen-bond donors (Lipinski definition) is 2. The molecule has 2 N–H and O–H groups in total. The van der Waals surface area contributed by atoms with Gasteiger partial charge in [0.2, 0.25) is 0 Å². The molecule has 2 heterocycles. The maximum absolute atomic E-state index is 14.4. The fourth-order valence-corrected chi connectivity index (χ4v) is 4.44. The van der Waals surface area contributed by atoms with Crippen molar-refractivity contribution in [2.45, 2.75) is 25.4 Å². The molecule has 4 rings (SSSR count). The molecule has 34 heavy (non-hydrogen) atoms. The molecular weight excluding hydrogens is 463 g/mol. The third-order valence-electron chi connectivity index (χ3n) is 6.13. The van der Waals surface area contributed by atoms with Crippen molar-refractivity contribution >= 4 is 34.9 Å². The quantitative estimate of drug-likeness (QED) is 0.477. The van der Waals surface area contributed by atoms with Crippen LogP contribution in [0.4, 0.5) is 10.1 Å². The number of piperazine rings is 1. The molecule has 2 aromatic rings. The number of nitrogens with one attached hydrogen (secondary N) is 2. The summed E-state index contributed by atoms with van der Waals surface area (Å²) in [5.41, 5.74) is 7.55. The van der Waals surface area contributed by atoms with Crippen LogP contribution in [0.1, 0.15) is 35.3 Å². The Bertz CT molecular complexity index is 1090. The Balaban J connectivity index is 1.24. The monoisotopic (exact) mass is 488 g/mol. The van der Waals surface area contributed by atoms with Crippen LogP contribution in [-0.2, 0) is 14.3 Å². The molecule has 2 aliphatic heterocycles. The first-order chi connectivity index (χ1) is 16.3. The zero-order valence-corrected chi connectivity index (χ0v) is 19.5. The molecule has 1 amide bonds. The number of carbonyl (C=O) groups is 3. The molecule has 2 unspecified atom stereocenters. The summed E-state index contributed by atoms with van der Waals surface area (Å²) in [5, 5.41) is 0.611. The van der Waals surface area contributed by atoms with Crippen molar-refractivity contribution in [1.29, 1.82) is 0 Å². The number of carbonyl (C=O) groups excluding carboxylic acids is 3. The minimum Gasteiger partial charge on any atom is -0.454 e. The van der Waals surface area contributed by atoms with Gasteiger partial charge in [0.25, 0.3) is 5.91 Å². The molecule has 0 aliphatic carbocycles. The number of amides is 1. The Morgan fingerprint density at radius 1 is 1.09 bits per heavy atom. The van der Waals surface area contributed by atoms with Gasteiger partial charge in [0.1, 0.15) is 11.9 Å². The third-order valence-corrected chi connectivity index (χ3v) is 6.48. The third kappa shape index (κ3) is 5.38. The van der Waals surface area contributed by atoms with Crippen LogP contribution in [0.2, 0.25) is 5.02 Å². The molecule has 0 bridgehead atoms. The van der Waals surface area contributed by atoms with Crippen molar-refractivity contribution in [3.8, 4) is 0 Å². The topological polar surface area (TPSA) is 91.0 Å². The van der Waals surface area contributed by atoms with Crippen LogP contribution in [-0.4, -0.2) is 61.4 Å². The fraction of sp³-hybridized carbons (Fsp3) is 0.375. The normalized spacial score (nSPS) is 20.3. The molecule has 2 aliphatic rings. The van der Waals surface area contributed by atoms with E-state index in [1.54, 1.807) is 23.1 Å². The van der Waals surface area contributed by atoms with E-state index in [1.807, 2.05) is 23.1 Å². The number of hydrogen-bond acceptors (Lipinski definition) is 7. The van der Waals surface area contributed by atoms with Crippen LogP contribution in [0.25, 0.3) is 0 Å². The van der Waals surface area contributed by atoms with E-state index in [4.69, 9.17) is 16.3 Å². The van der Waals surface area contributed by atoms with E-state index in [0.29, 0.717) is 48.9 Å². The van der Waals surface area contributed by atoms with E-state index in [-0.39, 0.29) is 24.3 Å². The number of rotatable bonds is 6. The Kier molecular flexibility index (Phi) is 7.45. The van der Waals surface area contributed by atoms with Crippen molar-refractivity contribution in [3.05, 3.63) is 64.4 Å². The molecular formula is C24H26ClFN4O4. The number of nitrogens with zero attached hydrogens (tertiary/aromatic N) is 2. The number of esters is 1. The summed E-state index contributed by atoms with van der Waals surface area (Å²) in [6, 6.07) is 11.1. The largest absolute Gasteiger partial charge is 0.454 e. The van der Waals surface area contributed by atoms with Crippen molar-refractivity contribution in [1.82, 2.24) is 15.8 Å². The Labute approximate surface area is 202 Å². The van der Waals surface area contributed by atoms with E-state index < -0.39 is 17.8 Å². The lowest BCUT2D eigenvalue weighted by Gasteiger charge is -2.36. The van der Waals surface area contributed by atoms with Crippen LogP contribution < -0.4 is 15.8 Å². The minimum atomic E-state index is -0.591. The van der Waals surface area contributed by atoms with Crippen LogP contribution in [0.3, 0.4) is 0 Å². The predicted molar refractivity (Wildman–Crippen MR) is 125 cm³/mol. The van der Waals surface area contributed by atoms with E-state index >= 15 is 0 Å². The summed E-state index contributed by atoms with van der Waals surface area (Å²) in [6.07, 6.45) is 0.448. The van der Waals surface area contributed by atoms with Crippen molar-refractivity contribution in [2.75, 3.05) is 37.7 Å². The summed E-state index contributed by atoms with van der Waals surface area (Å²) >= 11 is 6.23. The average molecular weight is 489 g/mol. The highest BCUT2D eigenvalue weighted by Crippen LogP contribution is 2.28. The smallest absolute Gasteiger partial charge is 0.325 e. The molecule has 2 aromatic carbocycles. The van der Waals surface area contributed by atoms with Gasteiger partial charge in [0.05, 0.1) is 5.69 Å². The SMILES string of the molecule is CC(=O)c1ccc(N2CCN(C(=O)COC(=O)C3CC(c4ccccc4Cl)NN3)CC2)c(F)c1. The second-order valence-corrected chi connectivity index (χ2v) is 8.76. The zero-order chi connectivity index (χ0) is 24.2. The molecule has 0 saturated carbocycles. The standard InChI is InChI=1S/C24H26ClFN4O4/c1-15(31)16-6-7-22(19(26)12-16)29-8-10-30(11-9-29)23(32)14-34-24(33)21-13-20(27-28-21)17-4-2-3-5-18(17)25/h2-7,12,20-21,27-28H,8-11,13-14H2,1H3. The van der Waals surface area contributed by atoms with Gasteiger partial charge in [-0.2, -0.15) is 0 Å².